The van der Waals surface area contributed by atoms with Crippen molar-refractivity contribution >= 4 is 15.9 Å². The van der Waals surface area contributed by atoms with Gasteiger partial charge in [0, 0.05) is 10.0 Å². The highest BCUT2D eigenvalue weighted by molar-refractivity contribution is 9.10. The Kier molecular flexibility index (Phi) is 5.09. The van der Waals surface area contributed by atoms with E-state index in [0.29, 0.717) is 13.2 Å². The minimum Gasteiger partial charge on any atom is -0.464 e. The molecule has 0 fully saturated rings. The number of halogens is 1. The van der Waals surface area contributed by atoms with Gasteiger partial charge in [-0.25, -0.2) is 0 Å². The first-order chi connectivity index (χ1) is 10.8. The predicted molar refractivity (Wildman–Crippen MR) is 91.6 cm³/mol. The highest BCUT2D eigenvalue weighted by Crippen LogP contribution is 2.24. The second-order valence-corrected chi connectivity index (χ2v) is 6.03. The number of ether oxygens (including phenoxy) is 1. The smallest absolute Gasteiger partial charge is 0.134 e. The number of hydrogen-bond acceptors (Lipinski definition) is 2. The molecule has 0 amide bonds. The molecule has 2 aromatic carbocycles. The van der Waals surface area contributed by atoms with Crippen LogP contribution in [0.5, 0.6) is 0 Å². The van der Waals surface area contributed by atoms with Gasteiger partial charge >= 0.3 is 0 Å². The first-order valence-electron chi connectivity index (χ1n) is 7.26. The van der Waals surface area contributed by atoms with E-state index in [9.17, 15) is 0 Å². The largest absolute Gasteiger partial charge is 0.464 e. The molecule has 2 nitrogen and oxygen atoms in total. The van der Waals surface area contributed by atoms with Crippen LogP contribution in [0.2, 0.25) is 0 Å². The zero-order valence-electron chi connectivity index (χ0n) is 12.2. The normalized spacial score (nSPS) is 10.8. The number of furan rings is 1. The lowest BCUT2D eigenvalue weighted by molar-refractivity contribution is 0.124. The van der Waals surface area contributed by atoms with Crippen molar-refractivity contribution in [3.8, 4) is 11.3 Å². The van der Waals surface area contributed by atoms with E-state index >= 15 is 0 Å². The Balaban J connectivity index is 1.50. The topological polar surface area (TPSA) is 22.4 Å². The standard InChI is InChI=1S/C19H17BrO2/c20-18-8-6-17(7-9-18)19-12-16(14-22-19)10-11-21-13-15-4-2-1-3-5-15/h1-9,12,14H,10-11,13H2. The first kappa shape index (κ1) is 15.1. The lowest BCUT2D eigenvalue weighted by Crippen LogP contribution is -1.98. The van der Waals surface area contributed by atoms with Crippen molar-refractivity contribution in [2.24, 2.45) is 0 Å². The minimum absolute atomic E-state index is 0.651. The van der Waals surface area contributed by atoms with Gasteiger partial charge in [0.05, 0.1) is 19.5 Å². The fourth-order valence-corrected chi connectivity index (χ4v) is 2.49. The Bertz CT molecular complexity index is 702. The van der Waals surface area contributed by atoms with Gasteiger partial charge in [0.2, 0.25) is 0 Å². The van der Waals surface area contributed by atoms with Gasteiger partial charge in [-0.15, -0.1) is 0 Å². The fraction of sp³-hybridized carbons (Fsp3) is 0.158. The summed E-state index contributed by atoms with van der Waals surface area (Å²) in [4.78, 5) is 0. The molecule has 0 saturated heterocycles. The van der Waals surface area contributed by atoms with Crippen molar-refractivity contribution in [2.75, 3.05) is 6.61 Å². The molecule has 1 heterocycles. The van der Waals surface area contributed by atoms with E-state index in [1.807, 2.05) is 48.7 Å². The van der Waals surface area contributed by atoms with Gasteiger partial charge in [-0.1, -0.05) is 58.4 Å². The van der Waals surface area contributed by atoms with E-state index in [-0.39, 0.29) is 0 Å². The number of rotatable bonds is 6. The van der Waals surface area contributed by atoms with Gasteiger partial charge in [-0.05, 0) is 35.7 Å². The summed E-state index contributed by atoms with van der Waals surface area (Å²) in [7, 11) is 0. The second kappa shape index (κ2) is 7.43. The van der Waals surface area contributed by atoms with Crippen molar-refractivity contribution in [1.29, 1.82) is 0 Å². The maximum Gasteiger partial charge on any atom is 0.134 e. The van der Waals surface area contributed by atoms with Crippen molar-refractivity contribution in [1.82, 2.24) is 0 Å². The molecule has 0 unspecified atom stereocenters. The summed E-state index contributed by atoms with van der Waals surface area (Å²) in [5, 5.41) is 0. The molecule has 0 aliphatic rings. The van der Waals surface area contributed by atoms with Gasteiger partial charge in [0.25, 0.3) is 0 Å². The summed E-state index contributed by atoms with van der Waals surface area (Å²) >= 11 is 3.44. The molecule has 0 N–H and O–H groups in total. The molecule has 3 rings (SSSR count). The van der Waals surface area contributed by atoms with Crippen LogP contribution in [0, 0.1) is 0 Å². The van der Waals surface area contributed by atoms with Gasteiger partial charge in [0.1, 0.15) is 5.76 Å². The Morgan fingerprint density at radius 1 is 0.909 bits per heavy atom. The lowest BCUT2D eigenvalue weighted by Gasteiger charge is -2.02. The molecule has 22 heavy (non-hydrogen) atoms. The molecular weight excluding hydrogens is 340 g/mol. The second-order valence-electron chi connectivity index (χ2n) is 5.11. The molecule has 112 valence electrons. The Labute approximate surface area is 138 Å². The zero-order valence-corrected chi connectivity index (χ0v) is 13.8. The highest BCUT2D eigenvalue weighted by Gasteiger charge is 2.04. The average Bonchev–Trinajstić information content (AvgIpc) is 3.02. The molecule has 0 aliphatic carbocycles. The summed E-state index contributed by atoms with van der Waals surface area (Å²) < 4.78 is 12.4. The van der Waals surface area contributed by atoms with Crippen LogP contribution in [0.15, 0.2) is 75.8 Å². The number of hydrogen-bond donors (Lipinski definition) is 0. The molecule has 0 atom stereocenters. The van der Waals surface area contributed by atoms with Crippen molar-refractivity contribution in [3.05, 3.63) is 82.5 Å². The van der Waals surface area contributed by atoms with Crippen LogP contribution in [0.3, 0.4) is 0 Å². The van der Waals surface area contributed by atoms with Gasteiger partial charge < -0.3 is 9.15 Å². The van der Waals surface area contributed by atoms with Crippen LogP contribution in [-0.4, -0.2) is 6.61 Å². The SMILES string of the molecule is Brc1ccc(-c2cc(CCOCc3ccccc3)co2)cc1. The van der Waals surface area contributed by atoms with Gasteiger partial charge in [-0.3, -0.25) is 0 Å². The molecule has 0 bridgehead atoms. The van der Waals surface area contributed by atoms with Crippen molar-refractivity contribution in [2.45, 2.75) is 13.0 Å². The third-order valence-electron chi connectivity index (χ3n) is 3.43. The summed E-state index contributed by atoms with van der Waals surface area (Å²) in [6.07, 6.45) is 2.66. The van der Waals surface area contributed by atoms with E-state index in [4.69, 9.17) is 9.15 Å². The molecule has 3 heteroatoms. The maximum absolute atomic E-state index is 5.71. The third-order valence-corrected chi connectivity index (χ3v) is 3.96. The quantitative estimate of drug-likeness (QED) is 0.546. The van der Waals surface area contributed by atoms with Crippen LogP contribution in [0.25, 0.3) is 11.3 Å². The van der Waals surface area contributed by atoms with E-state index in [2.05, 4.69) is 34.1 Å². The first-order valence-corrected chi connectivity index (χ1v) is 8.05. The lowest BCUT2D eigenvalue weighted by atomic mass is 10.1. The summed E-state index contributed by atoms with van der Waals surface area (Å²) in [6.45, 7) is 1.34. The molecule has 0 saturated carbocycles. The zero-order chi connectivity index (χ0) is 15.2. The van der Waals surface area contributed by atoms with E-state index in [1.54, 1.807) is 0 Å². The third kappa shape index (κ3) is 4.09. The maximum atomic E-state index is 5.71. The van der Waals surface area contributed by atoms with Crippen LogP contribution >= 0.6 is 15.9 Å². The molecule has 3 aromatic rings. The van der Waals surface area contributed by atoms with Crippen LogP contribution in [-0.2, 0) is 17.8 Å². The van der Waals surface area contributed by atoms with Gasteiger partial charge in [0.15, 0.2) is 0 Å². The number of benzene rings is 2. The van der Waals surface area contributed by atoms with E-state index in [0.717, 1.165) is 27.8 Å². The monoisotopic (exact) mass is 356 g/mol. The average molecular weight is 357 g/mol. The Morgan fingerprint density at radius 2 is 1.68 bits per heavy atom. The fourth-order valence-electron chi connectivity index (χ4n) is 2.23. The Hall–Kier alpha value is -1.84. The molecule has 0 spiro atoms. The Morgan fingerprint density at radius 3 is 2.45 bits per heavy atom. The summed E-state index contributed by atoms with van der Waals surface area (Å²) in [5.74, 6) is 0.894. The summed E-state index contributed by atoms with van der Waals surface area (Å²) in [5.41, 5.74) is 3.44. The molecule has 1 aromatic heterocycles. The van der Waals surface area contributed by atoms with Crippen LogP contribution in [0.4, 0.5) is 0 Å². The van der Waals surface area contributed by atoms with Crippen LogP contribution in [0.1, 0.15) is 11.1 Å². The molecular formula is C19H17BrO2. The minimum atomic E-state index is 0.651. The van der Waals surface area contributed by atoms with Crippen molar-refractivity contribution < 1.29 is 9.15 Å². The van der Waals surface area contributed by atoms with Crippen molar-refractivity contribution in [3.63, 3.8) is 0 Å². The highest BCUT2D eigenvalue weighted by atomic mass is 79.9. The molecule has 0 aliphatic heterocycles. The van der Waals surface area contributed by atoms with Gasteiger partial charge in [-0.2, -0.15) is 0 Å². The van der Waals surface area contributed by atoms with E-state index in [1.165, 1.54) is 5.56 Å². The van der Waals surface area contributed by atoms with E-state index < -0.39 is 0 Å². The molecule has 0 radical (unpaired) electrons. The van der Waals surface area contributed by atoms with Crippen LogP contribution < -0.4 is 0 Å². The predicted octanol–water partition coefficient (Wildman–Crippen LogP) is 5.47. The summed E-state index contributed by atoms with van der Waals surface area (Å²) in [6, 6.07) is 20.4.